The van der Waals surface area contributed by atoms with Gasteiger partial charge in [0.15, 0.2) is 17.2 Å². The van der Waals surface area contributed by atoms with Crippen molar-refractivity contribution in [3.05, 3.63) is 59.7 Å². The Morgan fingerprint density at radius 1 is 1.00 bits per heavy atom. The summed E-state index contributed by atoms with van der Waals surface area (Å²) < 4.78 is 1.46. The molecule has 0 atom stereocenters. The molecule has 29 heavy (non-hydrogen) atoms. The Morgan fingerprint density at radius 3 is 2.34 bits per heavy atom. The van der Waals surface area contributed by atoms with Crippen molar-refractivity contribution in [2.45, 2.75) is 6.92 Å². The van der Waals surface area contributed by atoms with Gasteiger partial charge in [0, 0.05) is 5.56 Å². The van der Waals surface area contributed by atoms with Crippen LogP contribution in [-0.2, 0) is 0 Å². The van der Waals surface area contributed by atoms with E-state index in [0.29, 0.717) is 11.4 Å². The predicted octanol–water partition coefficient (Wildman–Crippen LogP) is 3.86. The number of anilines is 2. The average Bonchev–Trinajstić information content (AvgIpc) is 3.02. The summed E-state index contributed by atoms with van der Waals surface area (Å²) in [5.74, 6) is 0.278. The number of phenolic OH excluding ortho intramolecular Hbond substituents is 1. The van der Waals surface area contributed by atoms with Gasteiger partial charge in [-0.1, -0.05) is 29.8 Å². The molecule has 2 aromatic carbocycles. The number of azo groups is 1. The molecule has 9 heteroatoms. The molecule has 0 aliphatic heterocycles. The summed E-state index contributed by atoms with van der Waals surface area (Å²) in [5.41, 5.74) is 15.7. The van der Waals surface area contributed by atoms with Crippen LogP contribution >= 0.6 is 0 Å². The highest BCUT2D eigenvalue weighted by Crippen LogP contribution is 2.35. The van der Waals surface area contributed by atoms with E-state index < -0.39 is 0 Å². The number of hydrogen-bond donors (Lipinski definition) is 3. The van der Waals surface area contributed by atoms with E-state index >= 15 is 0 Å². The van der Waals surface area contributed by atoms with E-state index in [1.54, 1.807) is 12.1 Å². The minimum absolute atomic E-state index is 0.0524. The second kappa shape index (κ2) is 6.94. The second-order valence-corrected chi connectivity index (χ2v) is 6.38. The predicted molar refractivity (Wildman–Crippen MR) is 109 cm³/mol. The Kier molecular flexibility index (Phi) is 4.29. The van der Waals surface area contributed by atoms with Gasteiger partial charge in [0.25, 0.3) is 0 Å². The van der Waals surface area contributed by atoms with E-state index in [-0.39, 0.29) is 34.3 Å². The Labute approximate surface area is 165 Å². The van der Waals surface area contributed by atoms with Crippen LogP contribution in [0.25, 0.3) is 16.9 Å². The van der Waals surface area contributed by atoms with Crippen molar-refractivity contribution >= 4 is 28.7 Å². The zero-order chi connectivity index (χ0) is 20.5. The van der Waals surface area contributed by atoms with Gasteiger partial charge in [-0.15, -0.1) is 10.2 Å². The molecular formula is C20H16N8O. The van der Waals surface area contributed by atoms with Gasteiger partial charge in [-0.2, -0.15) is 10.4 Å². The van der Waals surface area contributed by atoms with Gasteiger partial charge in [-0.3, -0.25) is 0 Å². The van der Waals surface area contributed by atoms with Gasteiger partial charge >= 0.3 is 0 Å². The van der Waals surface area contributed by atoms with Crippen molar-refractivity contribution in [2.24, 2.45) is 10.2 Å². The Balaban J connectivity index is 1.93. The van der Waals surface area contributed by atoms with Crippen LogP contribution in [0, 0.1) is 18.3 Å². The maximum atomic E-state index is 9.62. The number of nitriles is 1. The third kappa shape index (κ3) is 3.19. The fourth-order valence-corrected chi connectivity index (χ4v) is 2.88. The largest absolute Gasteiger partial charge is 0.508 e. The number of aryl methyl sites for hydroxylation is 1. The first-order valence-electron chi connectivity index (χ1n) is 8.63. The van der Waals surface area contributed by atoms with Crippen LogP contribution in [0.15, 0.2) is 58.8 Å². The number of rotatable bonds is 3. The van der Waals surface area contributed by atoms with Crippen molar-refractivity contribution in [1.82, 2.24) is 14.6 Å². The number of hydrogen-bond acceptors (Lipinski definition) is 8. The summed E-state index contributed by atoms with van der Waals surface area (Å²) in [6.45, 7) is 1.97. The van der Waals surface area contributed by atoms with Crippen molar-refractivity contribution in [2.75, 3.05) is 11.5 Å². The molecule has 4 rings (SSSR count). The number of nitrogens with zero attached hydrogens (tertiary/aromatic N) is 6. The molecule has 142 valence electrons. The molecule has 2 aromatic heterocycles. The number of nitrogen functional groups attached to an aromatic ring is 2. The molecule has 0 unspecified atom stereocenters. The van der Waals surface area contributed by atoms with Crippen molar-refractivity contribution < 1.29 is 5.11 Å². The first-order chi connectivity index (χ1) is 14.0. The van der Waals surface area contributed by atoms with Crippen molar-refractivity contribution in [3.8, 4) is 23.1 Å². The standard InChI is InChI=1S/C20H16N8O/c1-11-2-4-12(5-3-11)17-15(10-21)18(22)24-20-16(19(23)27-28(17)20)26-25-13-6-8-14(29)9-7-13/h2-9,29H,1H3,(H2,22,24)(H2,23,27). The molecule has 0 saturated carbocycles. The lowest BCUT2D eigenvalue weighted by Crippen LogP contribution is -2.05. The minimum Gasteiger partial charge on any atom is -0.508 e. The van der Waals surface area contributed by atoms with Crippen LogP contribution in [0.5, 0.6) is 5.75 Å². The van der Waals surface area contributed by atoms with E-state index in [1.165, 1.54) is 16.6 Å². The van der Waals surface area contributed by atoms with Gasteiger partial charge in [-0.25, -0.2) is 9.50 Å². The van der Waals surface area contributed by atoms with Crippen LogP contribution in [0.3, 0.4) is 0 Å². The third-order valence-electron chi connectivity index (χ3n) is 4.35. The maximum absolute atomic E-state index is 9.62. The smallest absolute Gasteiger partial charge is 0.187 e. The van der Waals surface area contributed by atoms with E-state index in [1.807, 2.05) is 31.2 Å². The Hall–Kier alpha value is -4.45. The highest BCUT2D eigenvalue weighted by atomic mass is 16.3. The number of phenols is 1. The van der Waals surface area contributed by atoms with Crippen LogP contribution in [-0.4, -0.2) is 19.7 Å². The maximum Gasteiger partial charge on any atom is 0.187 e. The number of fused-ring (bicyclic) bond motifs is 1. The minimum atomic E-state index is 0.0524. The van der Waals surface area contributed by atoms with Gasteiger partial charge in [0.05, 0.1) is 11.4 Å². The quantitative estimate of drug-likeness (QED) is 0.456. The lowest BCUT2D eigenvalue weighted by Gasteiger charge is -2.09. The Morgan fingerprint density at radius 2 is 1.69 bits per heavy atom. The highest BCUT2D eigenvalue weighted by molar-refractivity contribution is 5.83. The monoisotopic (exact) mass is 384 g/mol. The molecule has 0 amide bonds. The first-order valence-corrected chi connectivity index (χ1v) is 8.63. The lowest BCUT2D eigenvalue weighted by atomic mass is 10.1. The van der Waals surface area contributed by atoms with Crippen LogP contribution in [0.2, 0.25) is 0 Å². The molecule has 9 nitrogen and oxygen atoms in total. The van der Waals surface area contributed by atoms with Crippen LogP contribution < -0.4 is 11.5 Å². The molecule has 5 N–H and O–H groups in total. The van der Waals surface area contributed by atoms with Gasteiger partial charge in [-0.05, 0) is 31.2 Å². The number of aromatic hydroxyl groups is 1. The lowest BCUT2D eigenvalue weighted by molar-refractivity contribution is 0.475. The molecule has 0 saturated heterocycles. The van der Waals surface area contributed by atoms with Gasteiger partial charge < -0.3 is 16.6 Å². The number of nitrogens with two attached hydrogens (primary N) is 2. The molecule has 2 heterocycles. The van der Waals surface area contributed by atoms with Crippen LogP contribution in [0.1, 0.15) is 11.1 Å². The fourth-order valence-electron chi connectivity index (χ4n) is 2.88. The molecule has 0 aliphatic carbocycles. The molecule has 0 spiro atoms. The number of aromatic nitrogens is 3. The van der Waals surface area contributed by atoms with Gasteiger partial charge in [0.2, 0.25) is 0 Å². The highest BCUT2D eigenvalue weighted by Gasteiger charge is 2.21. The average molecular weight is 384 g/mol. The van der Waals surface area contributed by atoms with E-state index in [4.69, 9.17) is 11.5 Å². The van der Waals surface area contributed by atoms with Gasteiger partial charge in [0.1, 0.15) is 23.2 Å². The topological polar surface area (TPSA) is 151 Å². The first kappa shape index (κ1) is 17.9. The van der Waals surface area contributed by atoms with E-state index in [2.05, 4.69) is 26.4 Å². The van der Waals surface area contributed by atoms with Crippen molar-refractivity contribution in [3.63, 3.8) is 0 Å². The molecule has 4 aromatic rings. The third-order valence-corrected chi connectivity index (χ3v) is 4.35. The van der Waals surface area contributed by atoms with Crippen molar-refractivity contribution in [1.29, 1.82) is 5.26 Å². The van der Waals surface area contributed by atoms with E-state index in [0.717, 1.165) is 11.1 Å². The summed E-state index contributed by atoms with van der Waals surface area (Å²) in [6, 6.07) is 15.9. The summed E-state index contributed by atoms with van der Waals surface area (Å²) in [6.07, 6.45) is 0. The van der Waals surface area contributed by atoms with E-state index in [9.17, 15) is 10.4 Å². The molecule has 0 aliphatic rings. The molecule has 0 bridgehead atoms. The zero-order valence-electron chi connectivity index (χ0n) is 15.4. The SMILES string of the molecule is Cc1ccc(-c2c(C#N)c(N)nc3c(N=Nc4ccc(O)cc4)c(N)nn23)cc1. The summed E-state index contributed by atoms with van der Waals surface area (Å²) in [4.78, 5) is 4.28. The molecule has 0 radical (unpaired) electrons. The zero-order valence-corrected chi connectivity index (χ0v) is 15.4. The number of benzene rings is 2. The fraction of sp³-hybridized carbons (Fsp3) is 0.0500. The molecule has 0 fully saturated rings. The molecular weight excluding hydrogens is 368 g/mol. The second-order valence-electron chi connectivity index (χ2n) is 6.38. The summed E-state index contributed by atoms with van der Waals surface area (Å²) >= 11 is 0. The normalized spacial score (nSPS) is 11.2. The summed E-state index contributed by atoms with van der Waals surface area (Å²) in [7, 11) is 0. The van der Waals surface area contributed by atoms with Crippen LogP contribution in [0.4, 0.5) is 23.0 Å². The Bertz CT molecular complexity index is 1280. The summed E-state index contributed by atoms with van der Waals surface area (Å²) in [5, 5.41) is 31.6.